The molecule has 0 unspecified atom stereocenters. The average molecular weight is 1060 g/mol. The topological polar surface area (TPSA) is 9.23 Å². The molecule has 0 spiro atoms. The molecule has 1 nitrogen and oxygen atoms in total. The molecular weight excluding hydrogens is 1010 g/mol. The van der Waals surface area contributed by atoms with Crippen molar-refractivity contribution in [3.8, 4) is 66.8 Å². The first kappa shape index (κ1) is 45.9. The molecule has 0 atom stereocenters. The molecule has 0 saturated carbocycles. The fraction of sp³-hybridized carbons (Fsp3) is 0.0769. The highest BCUT2D eigenvalue weighted by Crippen LogP contribution is 2.46. The van der Waals surface area contributed by atoms with Gasteiger partial charge in [0.1, 0.15) is 0 Å². The van der Waals surface area contributed by atoms with Gasteiger partial charge in [0.15, 0.2) is 0 Å². The van der Waals surface area contributed by atoms with E-state index in [0.717, 1.165) is 38.5 Å². The minimum absolute atomic E-state index is 0.848. The lowest BCUT2D eigenvalue weighted by molar-refractivity contribution is 0.598. The minimum atomic E-state index is -3.97. The Kier molecular flexibility index (Phi) is 9.78. The Balaban J connectivity index is 1.06. The smallest absolute Gasteiger partial charge is 0.279 e. The lowest BCUT2D eigenvalue weighted by Crippen LogP contribution is -2.82. The number of hydrogen-bond acceptors (Lipinski definition) is 1. The van der Waals surface area contributed by atoms with Crippen molar-refractivity contribution in [2.24, 2.45) is 0 Å². The van der Waals surface area contributed by atoms with Crippen molar-refractivity contribution < 1.29 is 4.12 Å². The van der Waals surface area contributed by atoms with E-state index < -0.39 is 16.6 Å². The third-order valence-corrected chi connectivity index (χ3v) is 29.5. The highest BCUT2D eigenvalue weighted by atomic mass is 28.4. The second-order valence-electron chi connectivity index (χ2n) is 23.5. The highest BCUT2D eigenvalue weighted by Gasteiger charge is 2.59. The Morgan fingerprint density at radius 3 is 0.519 bits per heavy atom. The van der Waals surface area contributed by atoms with Crippen LogP contribution >= 0.6 is 0 Å². The summed E-state index contributed by atoms with van der Waals surface area (Å²) < 4.78 is 10.2. The van der Waals surface area contributed by atoms with Crippen LogP contribution in [0.1, 0.15) is 66.8 Å². The normalized spacial score (nSPS) is 13.9. The Hall–Kier alpha value is -8.97. The third-order valence-electron chi connectivity index (χ3n) is 19.7. The maximum atomic E-state index is 10.2. The molecule has 0 N–H and O–H groups in total. The van der Waals surface area contributed by atoms with Gasteiger partial charge in [0, 0.05) is 0 Å². The Morgan fingerprint density at radius 2 is 0.333 bits per heavy atom. The predicted octanol–water partition coefficient (Wildman–Crippen LogP) is 13.8. The van der Waals surface area contributed by atoms with Crippen LogP contribution in [0.5, 0.6) is 0 Å². The minimum Gasteiger partial charge on any atom is -0.435 e. The molecule has 81 heavy (non-hydrogen) atoms. The van der Waals surface area contributed by atoms with Crippen molar-refractivity contribution in [1.29, 1.82) is 0 Å². The molecule has 0 bridgehead atoms. The molecule has 6 aliphatic rings. The first-order chi connectivity index (χ1) is 40.1. The van der Waals surface area contributed by atoms with Gasteiger partial charge in [-0.2, -0.15) is 0 Å². The highest BCUT2D eigenvalue weighted by molar-refractivity contribution is 7.19. The molecule has 0 aromatic heterocycles. The molecule has 0 aliphatic heterocycles. The van der Waals surface area contributed by atoms with Crippen LogP contribution in [0.2, 0.25) is 0 Å². The van der Waals surface area contributed by atoms with Crippen LogP contribution in [0.15, 0.2) is 255 Å². The summed E-state index contributed by atoms with van der Waals surface area (Å²) in [6, 6.07) is 99.4. The van der Waals surface area contributed by atoms with E-state index in [0.29, 0.717) is 0 Å². The van der Waals surface area contributed by atoms with E-state index in [2.05, 4.69) is 255 Å². The predicted molar refractivity (Wildman–Crippen MR) is 339 cm³/mol. The van der Waals surface area contributed by atoms with Gasteiger partial charge >= 0.3 is 0 Å². The zero-order chi connectivity index (χ0) is 53.0. The quantitative estimate of drug-likeness (QED) is 0.109. The fourth-order valence-corrected chi connectivity index (χ4v) is 28.4. The SMILES string of the molecule is c1ccc2c(c1)Cc1c-2cccc1[Si](O[Si](c1cccc2c1Cc1ccccc1-2)(c1cccc2c1Cc1ccccc1-2)c1cccc2c1Cc1ccccc1-2)(c1cccc2c1Cc1ccccc1-2)c1cccc2c1Cc1ccccc1-2. The van der Waals surface area contributed by atoms with Crippen LogP contribution in [0.3, 0.4) is 0 Å². The maximum Gasteiger partial charge on any atom is 0.279 e. The van der Waals surface area contributed by atoms with Gasteiger partial charge in [0.25, 0.3) is 16.6 Å². The summed E-state index contributed by atoms with van der Waals surface area (Å²) in [5.41, 5.74) is 32.9. The van der Waals surface area contributed by atoms with E-state index in [1.54, 1.807) is 0 Å². The van der Waals surface area contributed by atoms with E-state index in [-0.39, 0.29) is 0 Å². The van der Waals surface area contributed by atoms with E-state index in [4.69, 9.17) is 0 Å². The van der Waals surface area contributed by atoms with Crippen molar-refractivity contribution in [1.82, 2.24) is 0 Å². The zero-order valence-electron chi connectivity index (χ0n) is 44.9. The van der Waals surface area contributed by atoms with Gasteiger partial charge in [-0.15, -0.1) is 0 Å². The second-order valence-corrected chi connectivity index (χ2v) is 30.2. The molecule has 3 heteroatoms. The number of rotatable bonds is 8. The van der Waals surface area contributed by atoms with Gasteiger partial charge in [-0.05, 0) is 203 Å². The van der Waals surface area contributed by atoms with Crippen LogP contribution in [-0.4, -0.2) is 16.6 Å². The lowest BCUT2D eigenvalue weighted by atomic mass is 10.1. The number of benzene rings is 12. The average Bonchev–Trinajstić information content (AvgIpc) is 3.89. The van der Waals surface area contributed by atoms with Gasteiger partial charge < -0.3 is 4.12 Å². The number of fused-ring (bicyclic) bond motifs is 18. The van der Waals surface area contributed by atoms with Gasteiger partial charge in [0.2, 0.25) is 0 Å². The van der Waals surface area contributed by atoms with Crippen molar-refractivity contribution >= 4 is 47.8 Å². The summed E-state index contributed by atoms with van der Waals surface area (Å²) in [6.07, 6.45) is 5.09. The van der Waals surface area contributed by atoms with Crippen LogP contribution < -0.4 is 31.1 Å². The molecule has 12 aromatic rings. The van der Waals surface area contributed by atoms with Crippen molar-refractivity contribution in [2.75, 3.05) is 0 Å². The maximum absolute atomic E-state index is 10.2. The van der Waals surface area contributed by atoms with Crippen LogP contribution in [0.4, 0.5) is 0 Å². The van der Waals surface area contributed by atoms with E-state index in [1.165, 1.54) is 165 Å². The van der Waals surface area contributed by atoms with Crippen LogP contribution in [-0.2, 0) is 42.6 Å². The Morgan fingerprint density at radius 1 is 0.173 bits per heavy atom. The Labute approximate surface area is 475 Å². The molecular formula is C78H54OSi2. The second kappa shape index (κ2) is 17.3. The summed E-state index contributed by atoms with van der Waals surface area (Å²) in [7, 11) is -7.94. The standard InChI is InChI=1S/C78H54OSi2/c1-7-25-55-49(19-1)43-67-61(55)31-13-37-73(67)80(74-38-14-32-62-56-26-8-2-20-50(56)44-68(62)74,75-39-15-33-63-57-27-9-3-21-51(57)45-69(63)75)79-81(76-40-16-34-64-58-28-10-4-22-52(58)46-70(64)76,77-41-17-35-65-59-29-11-5-23-53(59)47-71(65)77)78-42-18-36-66-60-30-12-6-24-54(60)48-72(66)78/h1-42H,43-48H2. The van der Waals surface area contributed by atoms with Gasteiger partial charge in [-0.3, -0.25) is 0 Å². The zero-order valence-corrected chi connectivity index (χ0v) is 46.9. The molecule has 0 saturated heterocycles. The van der Waals surface area contributed by atoms with E-state index in [1.807, 2.05) is 0 Å². The van der Waals surface area contributed by atoms with Crippen LogP contribution in [0.25, 0.3) is 66.8 Å². The molecule has 380 valence electrons. The Bertz CT molecular complexity index is 3950. The first-order valence-corrected chi connectivity index (χ1v) is 32.9. The summed E-state index contributed by atoms with van der Waals surface area (Å²) in [5.74, 6) is 0. The summed E-state index contributed by atoms with van der Waals surface area (Å²) in [5, 5.41) is 8.27. The van der Waals surface area contributed by atoms with E-state index >= 15 is 0 Å². The third kappa shape index (κ3) is 6.34. The van der Waals surface area contributed by atoms with Gasteiger partial charge in [-0.25, -0.2) is 0 Å². The van der Waals surface area contributed by atoms with Crippen LogP contribution in [0, 0.1) is 0 Å². The summed E-state index contributed by atoms with van der Waals surface area (Å²) in [4.78, 5) is 0. The monoisotopic (exact) mass is 1060 g/mol. The van der Waals surface area contributed by atoms with Gasteiger partial charge in [0.05, 0.1) is 0 Å². The molecule has 6 aliphatic carbocycles. The molecule has 0 fully saturated rings. The largest absolute Gasteiger partial charge is 0.435 e. The molecule has 0 radical (unpaired) electrons. The molecule has 18 rings (SSSR count). The molecule has 12 aromatic carbocycles. The van der Waals surface area contributed by atoms with Crippen molar-refractivity contribution in [2.45, 2.75) is 38.5 Å². The van der Waals surface area contributed by atoms with Crippen molar-refractivity contribution in [3.05, 3.63) is 322 Å². The summed E-state index contributed by atoms with van der Waals surface area (Å²) >= 11 is 0. The fourth-order valence-electron chi connectivity index (χ4n) is 16.4. The van der Waals surface area contributed by atoms with Gasteiger partial charge in [-0.1, -0.05) is 255 Å². The molecule has 0 amide bonds. The first-order valence-electron chi connectivity index (χ1n) is 29.1. The lowest BCUT2D eigenvalue weighted by Gasteiger charge is -2.47. The number of hydrogen-bond donors (Lipinski definition) is 0. The van der Waals surface area contributed by atoms with Crippen molar-refractivity contribution in [3.63, 3.8) is 0 Å². The van der Waals surface area contributed by atoms with E-state index in [9.17, 15) is 4.12 Å². The molecule has 0 heterocycles. The summed E-state index contributed by atoms with van der Waals surface area (Å²) in [6.45, 7) is 0.